The van der Waals surface area contributed by atoms with Gasteiger partial charge in [0.05, 0.1) is 25.7 Å². The molecule has 1 rings (SSSR count). The summed E-state index contributed by atoms with van der Waals surface area (Å²) in [5, 5.41) is 0. The van der Waals surface area contributed by atoms with Crippen LogP contribution in [0.15, 0.2) is 17.0 Å². The Hall–Kier alpha value is -1.35. The number of sulfonamides is 1. The predicted molar refractivity (Wildman–Crippen MR) is 79.1 cm³/mol. The Balaban J connectivity index is 3.06. The number of nitrogens with one attached hydrogen (secondary N) is 1. The SMILES string of the molecule is CCOCCNS(=O)(=O)c1cc(CN)c(OC)c(OC)c1. The Bertz CT molecular complexity index is 535. The summed E-state index contributed by atoms with van der Waals surface area (Å²) >= 11 is 0. The largest absolute Gasteiger partial charge is 0.493 e. The van der Waals surface area contributed by atoms with Gasteiger partial charge in [0, 0.05) is 31.3 Å². The summed E-state index contributed by atoms with van der Waals surface area (Å²) in [7, 11) is -0.733. The number of rotatable bonds is 9. The first kappa shape index (κ1) is 17.7. The molecule has 8 heteroatoms. The maximum Gasteiger partial charge on any atom is 0.240 e. The fourth-order valence-electron chi connectivity index (χ4n) is 1.80. The van der Waals surface area contributed by atoms with E-state index < -0.39 is 10.0 Å². The lowest BCUT2D eigenvalue weighted by atomic mass is 10.2. The molecule has 0 atom stereocenters. The van der Waals surface area contributed by atoms with E-state index in [0.717, 1.165) is 0 Å². The van der Waals surface area contributed by atoms with E-state index in [9.17, 15) is 8.42 Å². The fraction of sp³-hybridized carbons (Fsp3) is 0.538. The first-order valence-corrected chi connectivity index (χ1v) is 8.00. The van der Waals surface area contributed by atoms with Crippen LogP contribution in [0.3, 0.4) is 0 Å². The summed E-state index contributed by atoms with van der Waals surface area (Å²) in [6, 6.07) is 2.88. The van der Waals surface area contributed by atoms with Gasteiger partial charge < -0.3 is 19.9 Å². The Morgan fingerprint density at radius 1 is 1.24 bits per heavy atom. The van der Waals surface area contributed by atoms with Crippen molar-refractivity contribution in [3.05, 3.63) is 17.7 Å². The molecule has 120 valence electrons. The molecule has 0 aliphatic heterocycles. The molecule has 0 bridgehead atoms. The van der Waals surface area contributed by atoms with Gasteiger partial charge in [-0.2, -0.15) is 0 Å². The average molecular weight is 318 g/mol. The third-order valence-electron chi connectivity index (χ3n) is 2.80. The van der Waals surface area contributed by atoms with Gasteiger partial charge >= 0.3 is 0 Å². The van der Waals surface area contributed by atoms with Crippen molar-refractivity contribution in [3.63, 3.8) is 0 Å². The van der Waals surface area contributed by atoms with E-state index in [2.05, 4.69) is 4.72 Å². The van der Waals surface area contributed by atoms with Gasteiger partial charge in [0.15, 0.2) is 11.5 Å². The van der Waals surface area contributed by atoms with Gasteiger partial charge in [0.25, 0.3) is 0 Å². The molecule has 0 radical (unpaired) electrons. The molecule has 0 unspecified atom stereocenters. The molecular formula is C13H22N2O5S. The number of benzene rings is 1. The van der Waals surface area contributed by atoms with Crippen molar-refractivity contribution in [1.29, 1.82) is 0 Å². The van der Waals surface area contributed by atoms with Crippen LogP contribution >= 0.6 is 0 Å². The summed E-state index contributed by atoms with van der Waals surface area (Å²) in [4.78, 5) is 0.0806. The molecule has 0 aliphatic rings. The molecule has 3 N–H and O–H groups in total. The van der Waals surface area contributed by atoms with E-state index in [-0.39, 0.29) is 18.0 Å². The van der Waals surface area contributed by atoms with Gasteiger partial charge in [-0.1, -0.05) is 0 Å². The molecule has 0 amide bonds. The summed E-state index contributed by atoms with van der Waals surface area (Å²) < 4.78 is 42.4. The van der Waals surface area contributed by atoms with Crippen LogP contribution < -0.4 is 19.9 Å². The van der Waals surface area contributed by atoms with Crippen LogP contribution in [0.2, 0.25) is 0 Å². The van der Waals surface area contributed by atoms with E-state index in [1.165, 1.54) is 26.4 Å². The zero-order valence-electron chi connectivity index (χ0n) is 12.5. The van der Waals surface area contributed by atoms with Crippen molar-refractivity contribution < 1.29 is 22.6 Å². The minimum atomic E-state index is -3.65. The molecule has 1 aromatic rings. The van der Waals surface area contributed by atoms with E-state index in [1.54, 1.807) is 0 Å². The lowest BCUT2D eigenvalue weighted by molar-refractivity contribution is 0.153. The van der Waals surface area contributed by atoms with Crippen LogP contribution in [-0.2, 0) is 21.3 Å². The minimum absolute atomic E-state index is 0.0806. The van der Waals surface area contributed by atoms with E-state index in [4.69, 9.17) is 19.9 Å². The number of methoxy groups -OCH3 is 2. The summed E-state index contributed by atoms with van der Waals surface area (Å²) in [5.41, 5.74) is 6.19. The lowest BCUT2D eigenvalue weighted by Gasteiger charge is -2.14. The van der Waals surface area contributed by atoms with Gasteiger partial charge in [-0.05, 0) is 13.0 Å². The molecule has 21 heavy (non-hydrogen) atoms. The zero-order valence-corrected chi connectivity index (χ0v) is 13.3. The molecule has 1 aromatic carbocycles. The maximum atomic E-state index is 12.2. The molecular weight excluding hydrogens is 296 g/mol. The van der Waals surface area contributed by atoms with Crippen molar-refractivity contribution >= 4 is 10.0 Å². The van der Waals surface area contributed by atoms with Crippen LogP contribution in [0.5, 0.6) is 11.5 Å². The highest BCUT2D eigenvalue weighted by atomic mass is 32.2. The number of ether oxygens (including phenoxy) is 3. The smallest absolute Gasteiger partial charge is 0.240 e. The van der Waals surface area contributed by atoms with E-state index in [1.807, 2.05) is 6.92 Å². The van der Waals surface area contributed by atoms with E-state index >= 15 is 0 Å². The monoisotopic (exact) mass is 318 g/mol. The second-order valence-electron chi connectivity index (χ2n) is 4.12. The number of hydrogen-bond donors (Lipinski definition) is 2. The average Bonchev–Trinajstić information content (AvgIpc) is 2.49. The highest BCUT2D eigenvalue weighted by Gasteiger charge is 2.19. The maximum absolute atomic E-state index is 12.2. The molecule has 0 saturated carbocycles. The highest BCUT2D eigenvalue weighted by Crippen LogP contribution is 2.33. The summed E-state index contributed by atoms with van der Waals surface area (Å²) in [6.45, 7) is 3.03. The minimum Gasteiger partial charge on any atom is -0.493 e. The standard InChI is InChI=1S/C13H22N2O5S/c1-4-20-6-5-15-21(16,17)11-7-10(9-14)13(19-3)12(8-11)18-2/h7-8,15H,4-6,9,14H2,1-3H3. The number of hydrogen-bond acceptors (Lipinski definition) is 6. The zero-order chi connectivity index (χ0) is 15.9. The van der Waals surface area contributed by atoms with Gasteiger partial charge in [-0.25, -0.2) is 13.1 Å². The third kappa shape index (κ3) is 4.57. The van der Waals surface area contributed by atoms with Gasteiger partial charge in [0.2, 0.25) is 10.0 Å². The number of nitrogens with two attached hydrogens (primary N) is 1. The van der Waals surface area contributed by atoms with Gasteiger partial charge in [-0.15, -0.1) is 0 Å². The van der Waals surface area contributed by atoms with Crippen LogP contribution in [0, 0.1) is 0 Å². The molecule has 0 saturated heterocycles. The Kier molecular flexibility index (Phi) is 6.90. The second-order valence-corrected chi connectivity index (χ2v) is 5.88. The molecule has 0 aromatic heterocycles. The van der Waals surface area contributed by atoms with Crippen LogP contribution in [0.4, 0.5) is 0 Å². The first-order valence-electron chi connectivity index (χ1n) is 6.52. The Morgan fingerprint density at radius 2 is 1.95 bits per heavy atom. The first-order chi connectivity index (χ1) is 10.00. The van der Waals surface area contributed by atoms with Crippen LogP contribution in [0.1, 0.15) is 12.5 Å². The molecule has 0 heterocycles. The molecule has 0 spiro atoms. The molecule has 0 fully saturated rings. The van der Waals surface area contributed by atoms with Crippen LogP contribution in [-0.4, -0.2) is 42.4 Å². The summed E-state index contributed by atoms with van der Waals surface area (Å²) in [6.07, 6.45) is 0. The molecule has 0 aliphatic carbocycles. The Morgan fingerprint density at radius 3 is 2.48 bits per heavy atom. The van der Waals surface area contributed by atoms with Gasteiger partial charge in [0.1, 0.15) is 0 Å². The normalized spacial score (nSPS) is 11.4. The van der Waals surface area contributed by atoms with Crippen molar-refractivity contribution in [2.45, 2.75) is 18.4 Å². The van der Waals surface area contributed by atoms with Crippen molar-refractivity contribution in [2.24, 2.45) is 5.73 Å². The predicted octanol–water partition coefficient (Wildman–Crippen LogP) is 0.477. The molecule has 7 nitrogen and oxygen atoms in total. The summed E-state index contributed by atoms with van der Waals surface area (Å²) in [5.74, 6) is 0.763. The van der Waals surface area contributed by atoms with Crippen molar-refractivity contribution in [3.8, 4) is 11.5 Å². The topological polar surface area (TPSA) is 99.9 Å². The third-order valence-corrected chi connectivity index (χ3v) is 4.24. The quantitative estimate of drug-likeness (QED) is 0.642. The van der Waals surface area contributed by atoms with Crippen molar-refractivity contribution in [2.75, 3.05) is 34.0 Å². The second kappa shape index (κ2) is 8.18. The van der Waals surface area contributed by atoms with E-state index in [0.29, 0.717) is 30.3 Å². The highest BCUT2D eigenvalue weighted by molar-refractivity contribution is 7.89. The van der Waals surface area contributed by atoms with Crippen LogP contribution in [0.25, 0.3) is 0 Å². The fourth-order valence-corrected chi connectivity index (χ4v) is 2.88. The van der Waals surface area contributed by atoms with Crippen molar-refractivity contribution in [1.82, 2.24) is 4.72 Å². The Labute approximate surface area is 125 Å². The van der Waals surface area contributed by atoms with Gasteiger partial charge in [-0.3, -0.25) is 0 Å². The lowest BCUT2D eigenvalue weighted by Crippen LogP contribution is -2.27.